The van der Waals surface area contributed by atoms with Gasteiger partial charge in [-0.25, -0.2) is 0 Å². The van der Waals surface area contributed by atoms with Crippen LogP contribution in [0.15, 0.2) is 0 Å². The zero-order valence-corrected chi connectivity index (χ0v) is 7.73. The van der Waals surface area contributed by atoms with Crippen LogP contribution in [0.2, 0.25) is 0 Å². The van der Waals surface area contributed by atoms with E-state index in [1.54, 1.807) is 0 Å². The Morgan fingerprint density at radius 1 is 1.50 bits per heavy atom. The number of carbonyl (C=O) groups is 2. The molecule has 0 unspecified atom stereocenters. The molecule has 0 aliphatic heterocycles. The second kappa shape index (κ2) is 6.97. The van der Waals surface area contributed by atoms with Crippen molar-refractivity contribution < 1.29 is 19.4 Å². The minimum atomic E-state index is -0.821. The highest BCUT2D eigenvalue weighted by Crippen LogP contribution is 2.04. The summed E-state index contributed by atoms with van der Waals surface area (Å²) in [6.45, 7) is 0. The molecule has 5 heteroatoms. The predicted octanol–water partition coefficient (Wildman–Crippen LogP) is 0.757. The lowest BCUT2D eigenvalue weighted by atomic mass is 10.3. The molecule has 0 spiro atoms. The van der Waals surface area contributed by atoms with E-state index in [9.17, 15) is 9.59 Å². The number of hydrogen-bond acceptors (Lipinski definition) is 4. The maximum absolute atomic E-state index is 10.6. The number of methoxy groups -OCH3 is 1. The Kier molecular flexibility index (Phi) is 6.55. The second-order valence-corrected chi connectivity index (χ2v) is 3.23. The molecule has 0 aliphatic rings. The summed E-state index contributed by atoms with van der Waals surface area (Å²) in [5, 5.41) is 8.26. The summed E-state index contributed by atoms with van der Waals surface area (Å²) in [7, 11) is 1.34. The monoisotopic (exact) mass is 192 g/mol. The molecule has 0 bridgehead atoms. The lowest BCUT2D eigenvalue weighted by Gasteiger charge is -1.97. The fourth-order valence-electron chi connectivity index (χ4n) is 0.580. The summed E-state index contributed by atoms with van der Waals surface area (Å²) in [6.07, 6.45) is 1.04. The Morgan fingerprint density at radius 2 is 2.17 bits per heavy atom. The zero-order chi connectivity index (χ0) is 9.40. The molecule has 4 nitrogen and oxygen atoms in total. The molecule has 70 valence electrons. The van der Waals surface area contributed by atoms with Crippen molar-refractivity contribution in [3.63, 3.8) is 0 Å². The maximum Gasteiger partial charge on any atom is 0.313 e. The van der Waals surface area contributed by atoms with Gasteiger partial charge in [-0.15, -0.1) is 0 Å². The Balaban J connectivity index is 3.11. The van der Waals surface area contributed by atoms with Crippen LogP contribution < -0.4 is 0 Å². The largest absolute Gasteiger partial charge is 0.481 e. The molecule has 0 saturated heterocycles. The van der Waals surface area contributed by atoms with E-state index in [0.717, 1.165) is 0 Å². The van der Waals surface area contributed by atoms with Crippen molar-refractivity contribution in [2.45, 2.75) is 12.8 Å². The third-order valence-electron chi connectivity index (χ3n) is 1.12. The van der Waals surface area contributed by atoms with Gasteiger partial charge in [0.05, 0.1) is 12.9 Å². The van der Waals surface area contributed by atoms with Gasteiger partial charge >= 0.3 is 11.9 Å². The molecule has 0 radical (unpaired) electrons. The van der Waals surface area contributed by atoms with Crippen LogP contribution in [0.5, 0.6) is 0 Å². The number of rotatable bonds is 6. The molecule has 0 aliphatic carbocycles. The van der Waals surface area contributed by atoms with Gasteiger partial charge in [-0.2, -0.15) is 11.8 Å². The normalized spacial score (nSPS) is 9.42. The third-order valence-corrected chi connectivity index (χ3v) is 2.15. The molecule has 0 fully saturated rings. The van der Waals surface area contributed by atoms with E-state index in [0.29, 0.717) is 18.6 Å². The molecule has 12 heavy (non-hydrogen) atoms. The van der Waals surface area contributed by atoms with Crippen LogP contribution in [-0.4, -0.2) is 35.7 Å². The number of thioether (sulfide) groups is 1. The van der Waals surface area contributed by atoms with Crippen molar-refractivity contribution >= 4 is 23.7 Å². The lowest BCUT2D eigenvalue weighted by molar-refractivity contribution is -0.140. The van der Waals surface area contributed by atoms with Crippen molar-refractivity contribution in [2.75, 3.05) is 18.6 Å². The highest BCUT2D eigenvalue weighted by molar-refractivity contribution is 7.99. The van der Waals surface area contributed by atoms with Gasteiger partial charge in [-0.05, 0) is 12.2 Å². The Morgan fingerprint density at radius 3 is 2.67 bits per heavy atom. The number of carboxylic acid groups (broad SMARTS) is 1. The SMILES string of the molecule is COC(=O)CCCSCC(=O)O. The van der Waals surface area contributed by atoms with Gasteiger partial charge in [0.15, 0.2) is 0 Å². The highest BCUT2D eigenvalue weighted by Gasteiger charge is 2.00. The molecule has 0 saturated carbocycles. The van der Waals surface area contributed by atoms with Gasteiger partial charge in [0.25, 0.3) is 0 Å². The average molecular weight is 192 g/mol. The minimum Gasteiger partial charge on any atom is -0.481 e. The van der Waals surface area contributed by atoms with Gasteiger partial charge in [-0.3, -0.25) is 9.59 Å². The fourth-order valence-corrected chi connectivity index (χ4v) is 1.25. The Labute approximate surface area is 75.3 Å². The first-order chi connectivity index (χ1) is 5.66. The fraction of sp³-hybridized carbons (Fsp3) is 0.714. The number of aliphatic carboxylic acids is 1. The topological polar surface area (TPSA) is 63.6 Å². The van der Waals surface area contributed by atoms with Gasteiger partial charge in [0.1, 0.15) is 0 Å². The van der Waals surface area contributed by atoms with Crippen LogP contribution in [0.25, 0.3) is 0 Å². The Bertz CT molecular complexity index is 157. The summed E-state index contributed by atoms with van der Waals surface area (Å²) in [5.41, 5.74) is 0. The smallest absolute Gasteiger partial charge is 0.313 e. The molecule has 0 heterocycles. The van der Waals surface area contributed by atoms with Crippen molar-refractivity contribution in [3.05, 3.63) is 0 Å². The van der Waals surface area contributed by atoms with E-state index >= 15 is 0 Å². The summed E-state index contributed by atoms with van der Waals surface area (Å²) >= 11 is 1.31. The summed E-state index contributed by atoms with van der Waals surface area (Å²) in [4.78, 5) is 20.6. The zero-order valence-electron chi connectivity index (χ0n) is 6.91. The van der Waals surface area contributed by atoms with Crippen molar-refractivity contribution in [3.8, 4) is 0 Å². The van der Waals surface area contributed by atoms with Crippen LogP contribution in [-0.2, 0) is 14.3 Å². The van der Waals surface area contributed by atoms with Gasteiger partial charge in [0, 0.05) is 6.42 Å². The standard InChI is InChI=1S/C7H12O4S/c1-11-7(10)3-2-4-12-5-6(8)9/h2-5H2,1H3,(H,8,9). The number of carbonyl (C=O) groups excluding carboxylic acids is 1. The molecular weight excluding hydrogens is 180 g/mol. The number of carboxylic acids is 1. The predicted molar refractivity (Wildman–Crippen MR) is 46.2 cm³/mol. The number of hydrogen-bond donors (Lipinski definition) is 1. The van der Waals surface area contributed by atoms with E-state index in [1.165, 1.54) is 18.9 Å². The third kappa shape index (κ3) is 7.40. The van der Waals surface area contributed by atoms with E-state index in [4.69, 9.17) is 5.11 Å². The molecule has 1 N–H and O–H groups in total. The van der Waals surface area contributed by atoms with Gasteiger partial charge < -0.3 is 9.84 Å². The summed E-state index contributed by atoms with van der Waals surface area (Å²) < 4.78 is 4.41. The Hall–Kier alpha value is -0.710. The first-order valence-corrected chi connectivity index (χ1v) is 4.68. The molecule has 0 amide bonds. The molecule has 0 aromatic carbocycles. The molecular formula is C7H12O4S. The van der Waals surface area contributed by atoms with Crippen molar-refractivity contribution in [1.29, 1.82) is 0 Å². The molecule has 0 aromatic heterocycles. The van der Waals surface area contributed by atoms with Crippen LogP contribution in [0.1, 0.15) is 12.8 Å². The maximum atomic E-state index is 10.6. The molecule has 0 aromatic rings. The average Bonchev–Trinajstić information content (AvgIpc) is 2.03. The lowest BCUT2D eigenvalue weighted by Crippen LogP contribution is -2.02. The van der Waals surface area contributed by atoms with Crippen molar-refractivity contribution in [2.24, 2.45) is 0 Å². The summed E-state index contributed by atoms with van der Waals surface area (Å²) in [6, 6.07) is 0. The van der Waals surface area contributed by atoms with Crippen LogP contribution in [0, 0.1) is 0 Å². The van der Waals surface area contributed by atoms with Crippen LogP contribution >= 0.6 is 11.8 Å². The summed E-state index contributed by atoms with van der Waals surface area (Å²) in [5.74, 6) is -0.285. The second-order valence-electron chi connectivity index (χ2n) is 2.13. The number of esters is 1. The van der Waals surface area contributed by atoms with E-state index in [2.05, 4.69) is 4.74 Å². The first kappa shape index (κ1) is 11.3. The van der Waals surface area contributed by atoms with Crippen LogP contribution in [0.3, 0.4) is 0 Å². The molecule has 0 atom stereocenters. The van der Waals surface area contributed by atoms with Gasteiger partial charge in [-0.1, -0.05) is 0 Å². The highest BCUT2D eigenvalue weighted by atomic mass is 32.2. The van der Waals surface area contributed by atoms with E-state index in [-0.39, 0.29) is 11.7 Å². The minimum absolute atomic E-state index is 0.0984. The van der Waals surface area contributed by atoms with Crippen molar-refractivity contribution in [1.82, 2.24) is 0 Å². The number of ether oxygens (including phenoxy) is 1. The van der Waals surface area contributed by atoms with E-state index < -0.39 is 5.97 Å². The van der Waals surface area contributed by atoms with Crippen LogP contribution in [0.4, 0.5) is 0 Å². The molecule has 0 rings (SSSR count). The quantitative estimate of drug-likeness (QED) is 0.497. The van der Waals surface area contributed by atoms with E-state index in [1.807, 2.05) is 0 Å². The van der Waals surface area contributed by atoms with Gasteiger partial charge in [0.2, 0.25) is 0 Å². The first-order valence-electron chi connectivity index (χ1n) is 3.53.